The van der Waals surface area contributed by atoms with E-state index in [0.717, 1.165) is 16.0 Å². The summed E-state index contributed by atoms with van der Waals surface area (Å²) in [5.41, 5.74) is 1.84. The molecule has 1 unspecified atom stereocenters. The van der Waals surface area contributed by atoms with E-state index in [2.05, 4.69) is 5.32 Å². The molecule has 0 saturated carbocycles. The number of nitro groups is 1. The van der Waals surface area contributed by atoms with Gasteiger partial charge >= 0.3 is 0 Å². The fraction of sp³-hybridized carbons (Fsp3) is 0.190. The number of hydrogen-bond acceptors (Lipinski definition) is 5. The second-order valence-electron chi connectivity index (χ2n) is 7.49. The molecule has 5 rings (SSSR count). The largest absolute Gasteiger partial charge is 0.295 e. The lowest BCUT2D eigenvalue weighted by atomic mass is 9.83. The van der Waals surface area contributed by atoms with Gasteiger partial charge in [-0.2, -0.15) is 0 Å². The molecule has 144 valence electrons. The van der Waals surface area contributed by atoms with Crippen molar-refractivity contribution in [3.05, 3.63) is 81.5 Å². The number of non-ortho nitro benzene ring substituents is 1. The summed E-state index contributed by atoms with van der Waals surface area (Å²) in [5, 5.41) is 13.5. The van der Waals surface area contributed by atoms with Crippen LogP contribution in [0.4, 0.5) is 5.69 Å². The van der Waals surface area contributed by atoms with Crippen LogP contribution in [0.25, 0.3) is 6.08 Å². The summed E-state index contributed by atoms with van der Waals surface area (Å²) in [6, 6.07) is 11.9. The van der Waals surface area contributed by atoms with Crippen molar-refractivity contribution in [2.75, 3.05) is 0 Å². The Labute approximate surface area is 165 Å². The first-order valence-corrected chi connectivity index (χ1v) is 9.24. The number of nitrogens with one attached hydrogen (secondary N) is 2. The molecule has 2 N–H and O–H groups in total. The minimum atomic E-state index is -0.830. The van der Waals surface area contributed by atoms with Crippen molar-refractivity contribution < 1.29 is 24.2 Å². The zero-order chi connectivity index (χ0) is 20.3. The molecule has 0 bridgehead atoms. The summed E-state index contributed by atoms with van der Waals surface area (Å²) >= 11 is 0. The predicted molar refractivity (Wildman–Crippen MR) is 101 cm³/mol. The molecule has 3 aliphatic heterocycles. The van der Waals surface area contributed by atoms with Crippen LogP contribution in [0.5, 0.6) is 0 Å². The SMILES string of the molecule is O=C1NC(=O)[C@H]2[C@@H]1[C@H](C(=O)c1cccc([N+](=O)[O-])c1)[NH+]1C=Cc3ccccc3[C@@H]21. The van der Waals surface area contributed by atoms with E-state index in [4.69, 9.17) is 0 Å². The Morgan fingerprint density at radius 3 is 2.59 bits per heavy atom. The van der Waals surface area contributed by atoms with Gasteiger partial charge in [-0.15, -0.1) is 0 Å². The molecule has 29 heavy (non-hydrogen) atoms. The highest BCUT2D eigenvalue weighted by Crippen LogP contribution is 2.41. The molecule has 2 saturated heterocycles. The van der Waals surface area contributed by atoms with Crippen molar-refractivity contribution in [1.82, 2.24) is 5.32 Å². The molecule has 0 radical (unpaired) electrons. The maximum atomic E-state index is 13.4. The maximum absolute atomic E-state index is 13.4. The van der Waals surface area contributed by atoms with Crippen LogP contribution in [0, 0.1) is 22.0 Å². The van der Waals surface area contributed by atoms with Gasteiger partial charge in [0.1, 0.15) is 17.9 Å². The van der Waals surface area contributed by atoms with E-state index in [9.17, 15) is 24.5 Å². The number of ketones is 1. The fourth-order valence-corrected chi connectivity index (χ4v) is 4.92. The first kappa shape index (κ1) is 17.4. The molecule has 8 nitrogen and oxygen atoms in total. The second-order valence-corrected chi connectivity index (χ2v) is 7.49. The number of rotatable bonds is 3. The average molecular weight is 390 g/mol. The molecule has 3 heterocycles. The Hall–Kier alpha value is -3.65. The van der Waals surface area contributed by atoms with Crippen LogP contribution >= 0.6 is 0 Å². The highest BCUT2D eigenvalue weighted by atomic mass is 16.6. The van der Waals surface area contributed by atoms with Gasteiger partial charge in [0.15, 0.2) is 6.04 Å². The predicted octanol–water partition coefficient (Wildman–Crippen LogP) is 0.659. The van der Waals surface area contributed by atoms with Crippen LogP contribution in [0.3, 0.4) is 0 Å². The molecule has 3 aliphatic rings. The van der Waals surface area contributed by atoms with Crippen molar-refractivity contribution in [2.45, 2.75) is 12.1 Å². The third-order valence-electron chi connectivity index (χ3n) is 6.09. The zero-order valence-electron chi connectivity index (χ0n) is 15.1. The van der Waals surface area contributed by atoms with E-state index in [0.29, 0.717) is 0 Å². The van der Waals surface area contributed by atoms with Crippen LogP contribution in [0.2, 0.25) is 0 Å². The normalized spacial score (nSPS) is 29.0. The number of carbonyl (C=O) groups excluding carboxylic acids is 3. The van der Waals surface area contributed by atoms with Gasteiger partial charge in [-0.05, 0) is 11.6 Å². The third kappa shape index (κ3) is 2.46. The van der Waals surface area contributed by atoms with Crippen LogP contribution in [-0.2, 0) is 9.59 Å². The second kappa shape index (κ2) is 6.18. The Bertz CT molecular complexity index is 1120. The number of imide groups is 1. The van der Waals surface area contributed by atoms with Crippen molar-refractivity contribution >= 4 is 29.4 Å². The van der Waals surface area contributed by atoms with Crippen molar-refractivity contribution in [3.8, 4) is 0 Å². The lowest BCUT2D eigenvalue weighted by Crippen LogP contribution is -3.12. The molecular formula is C21H16N3O5+. The maximum Gasteiger partial charge on any atom is 0.270 e. The third-order valence-corrected chi connectivity index (χ3v) is 6.09. The minimum absolute atomic E-state index is 0.163. The minimum Gasteiger partial charge on any atom is -0.295 e. The number of benzene rings is 2. The van der Waals surface area contributed by atoms with Crippen LogP contribution in [0.1, 0.15) is 27.5 Å². The molecule has 2 amide bonds. The molecular weight excluding hydrogens is 374 g/mol. The highest BCUT2D eigenvalue weighted by molar-refractivity contribution is 6.11. The lowest BCUT2D eigenvalue weighted by Gasteiger charge is -2.29. The van der Waals surface area contributed by atoms with Gasteiger partial charge in [-0.25, -0.2) is 0 Å². The molecule has 5 atom stereocenters. The summed E-state index contributed by atoms with van der Waals surface area (Å²) in [4.78, 5) is 49.9. The molecule has 0 aliphatic carbocycles. The van der Waals surface area contributed by atoms with Gasteiger partial charge in [0.25, 0.3) is 5.69 Å². The van der Waals surface area contributed by atoms with Gasteiger partial charge in [-0.3, -0.25) is 34.7 Å². The van der Waals surface area contributed by atoms with Gasteiger partial charge in [0.2, 0.25) is 17.6 Å². The average Bonchev–Trinajstić information content (AvgIpc) is 3.22. The van der Waals surface area contributed by atoms with Crippen molar-refractivity contribution in [2.24, 2.45) is 11.8 Å². The Kier molecular flexibility index (Phi) is 3.72. The van der Waals surface area contributed by atoms with Crippen molar-refractivity contribution in [3.63, 3.8) is 0 Å². The number of Topliss-reactive ketones (excluding diaryl/α,β-unsaturated/α-hetero) is 1. The summed E-state index contributed by atoms with van der Waals surface area (Å²) in [6.45, 7) is 0. The number of nitrogens with zero attached hydrogens (tertiary/aromatic N) is 1. The first-order valence-electron chi connectivity index (χ1n) is 9.24. The van der Waals surface area contributed by atoms with E-state index in [1.807, 2.05) is 36.5 Å². The smallest absolute Gasteiger partial charge is 0.270 e. The molecule has 0 aromatic heterocycles. The van der Waals surface area contributed by atoms with Gasteiger partial charge < -0.3 is 0 Å². The Morgan fingerprint density at radius 1 is 1.03 bits per heavy atom. The van der Waals surface area contributed by atoms with E-state index >= 15 is 0 Å². The number of nitro benzene ring substituents is 1. The van der Waals surface area contributed by atoms with Crippen LogP contribution in [0.15, 0.2) is 54.7 Å². The molecule has 2 aromatic rings. The van der Waals surface area contributed by atoms with Crippen LogP contribution < -0.4 is 10.2 Å². The van der Waals surface area contributed by atoms with Gasteiger partial charge in [0, 0.05) is 23.3 Å². The Morgan fingerprint density at radius 2 is 1.79 bits per heavy atom. The van der Waals surface area contributed by atoms with E-state index in [1.165, 1.54) is 24.3 Å². The van der Waals surface area contributed by atoms with Gasteiger partial charge in [0.05, 0.1) is 11.1 Å². The summed E-state index contributed by atoms with van der Waals surface area (Å²) < 4.78 is 0. The molecule has 2 aromatic carbocycles. The van der Waals surface area contributed by atoms with E-state index in [-0.39, 0.29) is 29.0 Å². The molecule has 8 heteroatoms. The van der Waals surface area contributed by atoms with Crippen LogP contribution in [-0.4, -0.2) is 28.6 Å². The van der Waals surface area contributed by atoms with Crippen molar-refractivity contribution in [1.29, 1.82) is 0 Å². The molecule has 2 fully saturated rings. The van der Waals surface area contributed by atoms with E-state index in [1.54, 1.807) is 0 Å². The zero-order valence-corrected chi connectivity index (χ0v) is 15.1. The number of fused-ring (bicyclic) bond motifs is 5. The first-order chi connectivity index (χ1) is 14.0. The molecule has 0 spiro atoms. The quantitative estimate of drug-likeness (QED) is 0.346. The summed E-state index contributed by atoms with van der Waals surface area (Å²) in [6.07, 6.45) is 3.71. The fourth-order valence-electron chi connectivity index (χ4n) is 4.92. The number of carbonyl (C=O) groups is 3. The number of hydrogen-bond donors (Lipinski definition) is 2. The number of amides is 2. The monoisotopic (exact) mass is 390 g/mol. The number of quaternary nitrogens is 1. The topological polar surface area (TPSA) is 111 Å². The summed E-state index contributed by atoms with van der Waals surface area (Å²) in [5.74, 6) is -2.69. The van der Waals surface area contributed by atoms with Gasteiger partial charge in [-0.1, -0.05) is 36.4 Å². The summed E-state index contributed by atoms with van der Waals surface area (Å²) in [7, 11) is 0. The highest BCUT2D eigenvalue weighted by Gasteiger charge is 2.65. The lowest BCUT2D eigenvalue weighted by molar-refractivity contribution is -0.884. The van der Waals surface area contributed by atoms with E-state index < -0.39 is 28.7 Å². The Balaban J connectivity index is 1.63. The standard InChI is InChI=1S/C21H15N3O5/c25-19(12-5-3-6-13(10-12)24(28)29)18-16-15(20(26)22-21(16)27)17-14-7-2-1-4-11(14)8-9-23(17)18/h1-10,15-18H,(H,22,26,27)/p+1/t15-,16+,17-,18+/m0/s1.